The molecule has 0 aliphatic heterocycles. The highest BCUT2D eigenvalue weighted by atomic mass is 19.1. The van der Waals surface area contributed by atoms with E-state index in [-0.39, 0.29) is 5.92 Å². The van der Waals surface area contributed by atoms with Gasteiger partial charge in [-0.05, 0) is 36.2 Å². The minimum absolute atomic E-state index is 0.138. The first kappa shape index (κ1) is 9.13. The van der Waals surface area contributed by atoms with Crippen LogP contribution in [0.1, 0.15) is 18.4 Å². The fraction of sp³-hybridized carbons (Fsp3) is 0.333. The zero-order valence-electron chi connectivity index (χ0n) is 6.85. The third-order valence-corrected chi connectivity index (χ3v) is 1.84. The molecule has 66 valence electrons. The summed E-state index contributed by atoms with van der Waals surface area (Å²) in [5.74, 6) is -0.957. The number of hydrogen-bond donors (Lipinski definition) is 1. The van der Waals surface area contributed by atoms with Crippen LogP contribution in [0.25, 0.3) is 0 Å². The van der Waals surface area contributed by atoms with E-state index in [1.54, 1.807) is 6.92 Å². The van der Waals surface area contributed by atoms with Crippen LogP contribution < -0.4 is 5.73 Å². The van der Waals surface area contributed by atoms with Crippen LogP contribution in [-0.2, 0) is 0 Å². The first-order valence-corrected chi connectivity index (χ1v) is 3.80. The molecule has 2 N–H and O–H groups in total. The van der Waals surface area contributed by atoms with Gasteiger partial charge in [-0.3, -0.25) is 0 Å². The maximum absolute atomic E-state index is 13.0. The van der Waals surface area contributed by atoms with Gasteiger partial charge in [-0.1, -0.05) is 6.92 Å². The van der Waals surface area contributed by atoms with Crippen molar-refractivity contribution in [2.24, 2.45) is 5.73 Å². The summed E-state index contributed by atoms with van der Waals surface area (Å²) in [7, 11) is 0. The fourth-order valence-corrected chi connectivity index (χ4v) is 1.02. The Balaban J connectivity index is 3.04. The summed E-state index contributed by atoms with van der Waals surface area (Å²) in [6, 6.07) is 3.41. The van der Waals surface area contributed by atoms with Gasteiger partial charge in [-0.25, -0.2) is 8.78 Å². The van der Waals surface area contributed by atoms with E-state index >= 15 is 0 Å². The van der Waals surface area contributed by atoms with Crippen LogP contribution in [0.3, 0.4) is 0 Å². The Hall–Kier alpha value is -0.960. The van der Waals surface area contributed by atoms with Crippen molar-refractivity contribution in [1.82, 2.24) is 0 Å². The lowest BCUT2D eigenvalue weighted by Gasteiger charge is -2.09. The molecular formula is C9H11F2N. The molecule has 0 aliphatic carbocycles. The molecule has 0 fully saturated rings. The average Bonchev–Trinajstić information content (AvgIpc) is 2.08. The van der Waals surface area contributed by atoms with E-state index in [4.69, 9.17) is 5.73 Å². The van der Waals surface area contributed by atoms with Gasteiger partial charge in [-0.2, -0.15) is 0 Å². The lowest BCUT2D eigenvalue weighted by molar-refractivity contribution is 0.569. The van der Waals surface area contributed by atoms with E-state index in [1.165, 1.54) is 6.07 Å². The van der Waals surface area contributed by atoms with Gasteiger partial charge < -0.3 is 5.73 Å². The Morgan fingerprint density at radius 3 is 2.67 bits per heavy atom. The molecule has 0 heterocycles. The lowest BCUT2D eigenvalue weighted by atomic mass is 10.0. The Morgan fingerprint density at radius 2 is 2.08 bits per heavy atom. The molecule has 0 saturated heterocycles. The van der Waals surface area contributed by atoms with E-state index in [9.17, 15) is 8.78 Å². The monoisotopic (exact) mass is 171 g/mol. The zero-order chi connectivity index (χ0) is 9.14. The van der Waals surface area contributed by atoms with E-state index in [0.717, 1.165) is 12.1 Å². The molecule has 12 heavy (non-hydrogen) atoms. The third kappa shape index (κ3) is 1.80. The molecule has 1 aromatic rings. The maximum Gasteiger partial charge on any atom is 0.126 e. The standard InChI is InChI=1S/C9H11F2N/c1-6(5-12)8-4-7(10)2-3-9(8)11/h2-4,6H,5,12H2,1H3. The predicted octanol–water partition coefficient (Wildman–Crippen LogP) is 2.03. The normalized spacial score (nSPS) is 13.0. The van der Waals surface area contributed by atoms with Crippen LogP contribution in [0, 0.1) is 11.6 Å². The van der Waals surface area contributed by atoms with Crippen molar-refractivity contribution >= 4 is 0 Å². The molecule has 0 radical (unpaired) electrons. The summed E-state index contributed by atoms with van der Waals surface area (Å²) in [6.45, 7) is 2.08. The Bertz CT molecular complexity index is 273. The summed E-state index contributed by atoms with van der Waals surface area (Å²) < 4.78 is 25.6. The minimum atomic E-state index is -0.424. The topological polar surface area (TPSA) is 26.0 Å². The fourth-order valence-electron chi connectivity index (χ4n) is 1.02. The highest BCUT2D eigenvalue weighted by Crippen LogP contribution is 2.18. The van der Waals surface area contributed by atoms with Crippen molar-refractivity contribution in [3.8, 4) is 0 Å². The molecule has 3 heteroatoms. The number of halogens is 2. The van der Waals surface area contributed by atoms with Gasteiger partial charge in [0.25, 0.3) is 0 Å². The van der Waals surface area contributed by atoms with Crippen molar-refractivity contribution in [3.63, 3.8) is 0 Å². The van der Waals surface area contributed by atoms with Crippen molar-refractivity contribution in [2.45, 2.75) is 12.8 Å². The third-order valence-electron chi connectivity index (χ3n) is 1.84. The molecule has 0 saturated carbocycles. The van der Waals surface area contributed by atoms with Crippen LogP contribution in [0.2, 0.25) is 0 Å². The summed E-state index contributed by atoms with van der Waals surface area (Å²) in [5, 5.41) is 0. The molecular weight excluding hydrogens is 160 g/mol. The van der Waals surface area contributed by atoms with Gasteiger partial charge in [0, 0.05) is 0 Å². The summed E-state index contributed by atoms with van der Waals surface area (Å²) in [5.41, 5.74) is 5.68. The number of hydrogen-bond acceptors (Lipinski definition) is 1. The van der Waals surface area contributed by atoms with E-state index in [1.807, 2.05) is 0 Å². The van der Waals surface area contributed by atoms with Gasteiger partial charge in [0.1, 0.15) is 11.6 Å². The Morgan fingerprint density at radius 1 is 1.42 bits per heavy atom. The van der Waals surface area contributed by atoms with Crippen molar-refractivity contribution in [1.29, 1.82) is 0 Å². The number of nitrogens with two attached hydrogens (primary N) is 1. The van der Waals surface area contributed by atoms with Crippen LogP contribution >= 0.6 is 0 Å². The van der Waals surface area contributed by atoms with Gasteiger partial charge in [0.15, 0.2) is 0 Å². The largest absolute Gasteiger partial charge is 0.330 e. The SMILES string of the molecule is CC(CN)c1cc(F)ccc1F. The van der Waals surface area contributed by atoms with Gasteiger partial charge in [0.05, 0.1) is 0 Å². The van der Waals surface area contributed by atoms with Crippen LogP contribution in [0.4, 0.5) is 8.78 Å². The van der Waals surface area contributed by atoms with Gasteiger partial charge in [-0.15, -0.1) is 0 Å². The molecule has 1 nitrogen and oxygen atoms in total. The second-order valence-corrected chi connectivity index (χ2v) is 2.80. The van der Waals surface area contributed by atoms with Gasteiger partial charge in [0.2, 0.25) is 0 Å². The first-order chi connectivity index (χ1) is 5.65. The molecule has 0 bridgehead atoms. The lowest BCUT2D eigenvalue weighted by Crippen LogP contribution is -2.10. The highest BCUT2D eigenvalue weighted by molar-refractivity contribution is 5.22. The average molecular weight is 171 g/mol. The van der Waals surface area contributed by atoms with Crippen LogP contribution in [0.15, 0.2) is 18.2 Å². The predicted molar refractivity (Wildman–Crippen MR) is 43.8 cm³/mol. The molecule has 1 unspecified atom stereocenters. The van der Waals surface area contributed by atoms with Crippen LogP contribution in [-0.4, -0.2) is 6.54 Å². The van der Waals surface area contributed by atoms with E-state index in [0.29, 0.717) is 12.1 Å². The molecule has 0 aromatic heterocycles. The maximum atomic E-state index is 13.0. The molecule has 0 spiro atoms. The Kier molecular flexibility index (Phi) is 2.76. The molecule has 1 rings (SSSR count). The molecule has 0 amide bonds. The van der Waals surface area contributed by atoms with Gasteiger partial charge >= 0.3 is 0 Å². The second kappa shape index (κ2) is 3.63. The van der Waals surface area contributed by atoms with Crippen molar-refractivity contribution < 1.29 is 8.78 Å². The van der Waals surface area contributed by atoms with Crippen molar-refractivity contribution in [3.05, 3.63) is 35.4 Å². The summed E-state index contributed by atoms with van der Waals surface area (Å²) in [6.07, 6.45) is 0. The molecule has 0 aliphatic rings. The number of benzene rings is 1. The first-order valence-electron chi connectivity index (χ1n) is 3.80. The molecule has 1 aromatic carbocycles. The summed E-state index contributed by atoms with van der Waals surface area (Å²) in [4.78, 5) is 0. The highest BCUT2D eigenvalue weighted by Gasteiger charge is 2.09. The second-order valence-electron chi connectivity index (χ2n) is 2.80. The quantitative estimate of drug-likeness (QED) is 0.723. The number of rotatable bonds is 2. The summed E-state index contributed by atoms with van der Waals surface area (Å²) >= 11 is 0. The minimum Gasteiger partial charge on any atom is -0.330 e. The smallest absolute Gasteiger partial charge is 0.126 e. The Labute approximate surface area is 70.2 Å². The van der Waals surface area contributed by atoms with E-state index < -0.39 is 11.6 Å². The van der Waals surface area contributed by atoms with Crippen molar-refractivity contribution in [2.75, 3.05) is 6.54 Å². The van der Waals surface area contributed by atoms with E-state index in [2.05, 4.69) is 0 Å². The van der Waals surface area contributed by atoms with Crippen LogP contribution in [0.5, 0.6) is 0 Å². The molecule has 1 atom stereocenters. The zero-order valence-corrected chi connectivity index (χ0v) is 6.85.